The van der Waals surface area contributed by atoms with Crippen molar-refractivity contribution < 1.29 is 16.8 Å². The number of sulfone groups is 1. The normalized spacial score (nSPS) is 20.7. The molecule has 1 rings (SSSR count). The standard InChI is InChI=1S/C13H28N4O4S2.HI/c1-4-14-13(16-12-7-10-22(18,19)11-12)15-8-6-9-17(3)23(20,21)5-2;/h12H,4-11H2,1-3H3,(H2,14,15,16);1H. The topological polar surface area (TPSA) is 108 Å². The molecule has 1 aliphatic rings. The van der Waals surface area contributed by atoms with Gasteiger partial charge in [0.2, 0.25) is 10.0 Å². The summed E-state index contributed by atoms with van der Waals surface area (Å²) in [7, 11) is -4.52. The van der Waals surface area contributed by atoms with E-state index in [4.69, 9.17) is 0 Å². The van der Waals surface area contributed by atoms with Crippen molar-refractivity contribution in [1.29, 1.82) is 0 Å². The Balaban J connectivity index is 0.00000529. The molecule has 8 nitrogen and oxygen atoms in total. The maximum Gasteiger partial charge on any atom is 0.213 e. The van der Waals surface area contributed by atoms with Crippen molar-refractivity contribution in [3.63, 3.8) is 0 Å². The van der Waals surface area contributed by atoms with Gasteiger partial charge in [-0.05, 0) is 26.7 Å². The van der Waals surface area contributed by atoms with E-state index in [-0.39, 0.29) is 47.3 Å². The summed E-state index contributed by atoms with van der Waals surface area (Å²) in [5.74, 6) is 1.02. The maximum atomic E-state index is 11.6. The second kappa shape index (κ2) is 10.8. The lowest BCUT2D eigenvalue weighted by molar-refractivity contribution is 0.464. The number of halogens is 1. The maximum absolute atomic E-state index is 11.6. The summed E-state index contributed by atoms with van der Waals surface area (Å²) in [4.78, 5) is 4.38. The second-order valence-corrected chi connectivity index (χ2v) is 10.2. The molecule has 0 aromatic heterocycles. The Labute approximate surface area is 162 Å². The van der Waals surface area contributed by atoms with E-state index in [9.17, 15) is 16.8 Å². The van der Waals surface area contributed by atoms with Gasteiger partial charge in [-0.25, -0.2) is 21.1 Å². The highest BCUT2D eigenvalue weighted by Gasteiger charge is 2.28. The van der Waals surface area contributed by atoms with Gasteiger partial charge in [0.05, 0.1) is 17.3 Å². The third-order valence-electron chi connectivity index (χ3n) is 3.66. The van der Waals surface area contributed by atoms with Crippen LogP contribution in [0.1, 0.15) is 26.7 Å². The molecule has 1 saturated heterocycles. The molecule has 1 unspecified atom stereocenters. The third kappa shape index (κ3) is 8.30. The van der Waals surface area contributed by atoms with Crippen LogP contribution in [0.2, 0.25) is 0 Å². The molecule has 11 heteroatoms. The molecular formula is C13H29IN4O4S2. The van der Waals surface area contributed by atoms with Gasteiger partial charge in [-0.3, -0.25) is 4.99 Å². The first-order chi connectivity index (χ1) is 10.7. The van der Waals surface area contributed by atoms with Crippen molar-refractivity contribution in [3.8, 4) is 0 Å². The van der Waals surface area contributed by atoms with Gasteiger partial charge in [0, 0.05) is 32.7 Å². The number of hydrogen-bond acceptors (Lipinski definition) is 5. The van der Waals surface area contributed by atoms with E-state index >= 15 is 0 Å². The van der Waals surface area contributed by atoms with Crippen LogP contribution < -0.4 is 10.6 Å². The quantitative estimate of drug-likeness (QED) is 0.212. The molecule has 0 spiro atoms. The van der Waals surface area contributed by atoms with E-state index < -0.39 is 19.9 Å². The van der Waals surface area contributed by atoms with Crippen LogP contribution in [0.3, 0.4) is 0 Å². The Hall–Kier alpha value is -0.140. The van der Waals surface area contributed by atoms with Crippen molar-refractivity contribution in [2.24, 2.45) is 4.99 Å². The highest BCUT2D eigenvalue weighted by Crippen LogP contribution is 2.11. The molecule has 0 aliphatic carbocycles. The van der Waals surface area contributed by atoms with Gasteiger partial charge in [0.1, 0.15) is 0 Å². The fourth-order valence-electron chi connectivity index (χ4n) is 2.27. The summed E-state index contributed by atoms with van der Waals surface area (Å²) >= 11 is 0. The summed E-state index contributed by atoms with van der Waals surface area (Å²) < 4.78 is 47.5. The molecule has 1 aliphatic heterocycles. The third-order valence-corrected chi connectivity index (χ3v) is 7.29. The highest BCUT2D eigenvalue weighted by molar-refractivity contribution is 14.0. The average Bonchev–Trinajstić information content (AvgIpc) is 2.82. The minimum Gasteiger partial charge on any atom is -0.357 e. The lowest BCUT2D eigenvalue weighted by Gasteiger charge is -2.17. The van der Waals surface area contributed by atoms with Crippen LogP contribution in [0.4, 0.5) is 0 Å². The second-order valence-electron chi connectivity index (χ2n) is 5.58. The van der Waals surface area contributed by atoms with E-state index in [1.165, 1.54) is 4.31 Å². The first kappa shape index (κ1) is 23.9. The lowest BCUT2D eigenvalue weighted by atomic mass is 10.3. The van der Waals surface area contributed by atoms with E-state index in [0.717, 1.165) is 0 Å². The molecule has 144 valence electrons. The molecule has 0 amide bonds. The number of rotatable bonds is 8. The van der Waals surface area contributed by atoms with Gasteiger partial charge in [0.15, 0.2) is 15.8 Å². The highest BCUT2D eigenvalue weighted by atomic mass is 127. The predicted octanol–water partition coefficient (Wildman–Crippen LogP) is 0.0182. The largest absolute Gasteiger partial charge is 0.357 e. The molecular weight excluding hydrogens is 467 g/mol. The van der Waals surface area contributed by atoms with Crippen LogP contribution >= 0.6 is 24.0 Å². The van der Waals surface area contributed by atoms with Gasteiger partial charge < -0.3 is 10.6 Å². The monoisotopic (exact) mass is 496 g/mol. The molecule has 2 N–H and O–H groups in total. The Morgan fingerprint density at radius 3 is 2.50 bits per heavy atom. The van der Waals surface area contributed by atoms with Crippen molar-refractivity contribution in [1.82, 2.24) is 14.9 Å². The van der Waals surface area contributed by atoms with Crippen LogP contribution in [0.25, 0.3) is 0 Å². The van der Waals surface area contributed by atoms with Crippen LogP contribution in [0, 0.1) is 0 Å². The summed E-state index contributed by atoms with van der Waals surface area (Å²) in [6.07, 6.45) is 1.19. The Morgan fingerprint density at radius 1 is 1.33 bits per heavy atom. The zero-order valence-electron chi connectivity index (χ0n) is 14.5. The first-order valence-electron chi connectivity index (χ1n) is 7.89. The van der Waals surface area contributed by atoms with Crippen LogP contribution in [0.15, 0.2) is 4.99 Å². The number of guanidine groups is 1. The Bertz CT molecular complexity index is 607. The average molecular weight is 496 g/mol. The predicted molar refractivity (Wildman–Crippen MR) is 108 cm³/mol. The number of sulfonamides is 1. The molecule has 0 bridgehead atoms. The smallest absolute Gasteiger partial charge is 0.213 e. The van der Waals surface area contributed by atoms with Gasteiger partial charge in [-0.15, -0.1) is 24.0 Å². The van der Waals surface area contributed by atoms with Crippen molar-refractivity contribution in [2.45, 2.75) is 32.7 Å². The molecule has 1 heterocycles. The van der Waals surface area contributed by atoms with Crippen LogP contribution in [-0.2, 0) is 19.9 Å². The van der Waals surface area contributed by atoms with Gasteiger partial charge in [-0.2, -0.15) is 0 Å². The van der Waals surface area contributed by atoms with Gasteiger partial charge in [0.25, 0.3) is 0 Å². The van der Waals surface area contributed by atoms with E-state index in [0.29, 0.717) is 38.4 Å². The lowest BCUT2D eigenvalue weighted by Crippen LogP contribution is -2.44. The fraction of sp³-hybridized carbons (Fsp3) is 0.923. The van der Waals surface area contributed by atoms with Crippen molar-refractivity contribution in [3.05, 3.63) is 0 Å². The SMILES string of the molecule is CCNC(=NCCCN(C)S(=O)(=O)CC)NC1CCS(=O)(=O)C1.I. The number of aliphatic imine (C=N–C) groups is 1. The Kier molecular flexibility index (Phi) is 10.7. The van der Waals surface area contributed by atoms with Crippen LogP contribution in [0.5, 0.6) is 0 Å². The molecule has 0 aromatic carbocycles. The summed E-state index contributed by atoms with van der Waals surface area (Å²) in [5, 5.41) is 6.21. The Morgan fingerprint density at radius 2 is 2.00 bits per heavy atom. The fourth-order valence-corrected chi connectivity index (χ4v) is 4.79. The van der Waals surface area contributed by atoms with Gasteiger partial charge >= 0.3 is 0 Å². The zero-order valence-corrected chi connectivity index (χ0v) is 18.4. The van der Waals surface area contributed by atoms with E-state index in [1.54, 1.807) is 14.0 Å². The molecule has 0 saturated carbocycles. The molecule has 1 atom stereocenters. The minimum absolute atomic E-state index is 0. The van der Waals surface area contributed by atoms with Crippen LogP contribution in [-0.4, -0.2) is 77.1 Å². The van der Waals surface area contributed by atoms with Crippen molar-refractivity contribution in [2.75, 3.05) is 43.9 Å². The minimum atomic E-state index is -3.15. The number of nitrogens with one attached hydrogen (secondary N) is 2. The molecule has 0 aromatic rings. The summed E-state index contributed by atoms with van der Waals surface area (Å²) in [6.45, 7) is 5.11. The molecule has 1 fully saturated rings. The van der Waals surface area contributed by atoms with E-state index in [1.807, 2.05) is 6.92 Å². The number of nitrogens with zero attached hydrogens (tertiary/aromatic N) is 2. The number of hydrogen-bond donors (Lipinski definition) is 2. The zero-order chi connectivity index (χ0) is 17.5. The van der Waals surface area contributed by atoms with E-state index in [2.05, 4.69) is 15.6 Å². The first-order valence-corrected chi connectivity index (χ1v) is 11.3. The molecule has 24 heavy (non-hydrogen) atoms. The molecule has 0 radical (unpaired) electrons. The summed E-state index contributed by atoms with van der Waals surface area (Å²) in [5.41, 5.74) is 0. The van der Waals surface area contributed by atoms with Crippen molar-refractivity contribution >= 4 is 49.8 Å². The summed E-state index contributed by atoms with van der Waals surface area (Å²) in [6, 6.07) is -0.110. The van der Waals surface area contributed by atoms with Gasteiger partial charge in [-0.1, -0.05) is 0 Å².